The van der Waals surface area contributed by atoms with E-state index < -0.39 is 5.97 Å². The SMILES string of the molecule is O=C(O)c1cccc(Oc2nc(N3CCCCC3)nc(N3CCCCC3)n2)c1. The van der Waals surface area contributed by atoms with Crippen molar-refractivity contribution in [1.29, 1.82) is 0 Å². The van der Waals surface area contributed by atoms with Gasteiger partial charge in [-0.1, -0.05) is 6.07 Å². The van der Waals surface area contributed by atoms with E-state index in [1.165, 1.54) is 25.0 Å². The number of anilines is 2. The number of aromatic carboxylic acids is 1. The van der Waals surface area contributed by atoms with Crippen LogP contribution in [0.2, 0.25) is 0 Å². The lowest BCUT2D eigenvalue weighted by molar-refractivity contribution is 0.0696. The Morgan fingerprint density at radius 2 is 1.43 bits per heavy atom. The number of piperidine rings is 2. The van der Waals surface area contributed by atoms with Crippen molar-refractivity contribution in [3.05, 3.63) is 29.8 Å². The van der Waals surface area contributed by atoms with Crippen molar-refractivity contribution in [3.8, 4) is 11.8 Å². The summed E-state index contributed by atoms with van der Waals surface area (Å²) in [5, 5.41) is 9.19. The van der Waals surface area contributed by atoms with Crippen LogP contribution in [0.4, 0.5) is 11.9 Å². The number of ether oxygens (including phenoxy) is 1. The third-order valence-electron chi connectivity index (χ3n) is 5.16. The molecule has 8 nitrogen and oxygen atoms in total. The van der Waals surface area contributed by atoms with Crippen LogP contribution in [0.25, 0.3) is 0 Å². The zero-order chi connectivity index (χ0) is 19.3. The van der Waals surface area contributed by atoms with Crippen LogP contribution in [0.3, 0.4) is 0 Å². The number of nitrogens with zero attached hydrogens (tertiary/aromatic N) is 5. The number of carbonyl (C=O) groups is 1. The van der Waals surface area contributed by atoms with Crippen molar-refractivity contribution in [3.63, 3.8) is 0 Å². The summed E-state index contributed by atoms with van der Waals surface area (Å²) in [5.74, 6) is 0.684. The first kappa shape index (κ1) is 18.5. The van der Waals surface area contributed by atoms with Crippen LogP contribution < -0.4 is 14.5 Å². The van der Waals surface area contributed by atoms with Crippen molar-refractivity contribution in [2.75, 3.05) is 36.0 Å². The molecule has 2 fully saturated rings. The Hall–Kier alpha value is -2.90. The first-order valence-corrected chi connectivity index (χ1v) is 9.96. The number of hydrogen-bond acceptors (Lipinski definition) is 7. The van der Waals surface area contributed by atoms with Gasteiger partial charge in [0.25, 0.3) is 0 Å². The van der Waals surface area contributed by atoms with Crippen molar-refractivity contribution in [2.24, 2.45) is 0 Å². The fourth-order valence-electron chi connectivity index (χ4n) is 3.65. The molecule has 0 spiro atoms. The number of carboxylic acids is 1. The van der Waals surface area contributed by atoms with E-state index >= 15 is 0 Å². The Bertz CT molecular complexity index is 796. The summed E-state index contributed by atoms with van der Waals surface area (Å²) in [7, 11) is 0. The maximum absolute atomic E-state index is 11.2. The summed E-state index contributed by atoms with van der Waals surface area (Å²) in [6, 6.07) is 6.57. The molecule has 4 rings (SSSR count). The van der Waals surface area contributed by atoms with E-state index in [0.717, 1.165) is 51.9 Å². The highest BCUT2D eigenvalue weighted by atomic mass is 16.5. The van der Waals surface area contributed by atoms with Crippen LogP contribution in [0.1, 0.15) is 48.9 Å². The molecular formula is C20H25N5O3. The molecule has 2 aromatic rings. The van der Waals surface area contributed by atoms with Crippen LogP contribution in [-0.2, 0) is 0 Å². The van der Waals surface area contributed by atoms with Gasteiger partial charge in [-0.25, -0.2) is 4.79 Å². The van der Waals surface area contributed by atoms with E-state index in [1.54, 1.807) is 12.1 Å². The second-order valence-electron chi connectivity index (χ2n) is 7.25. The molecule has 0 radical (unpaired) electrons. The van der Waals surface area contributed by atoms with Crippen LogP contribution in [0.15, 0.2) is 24.3 Å². The molecule has 0 aliphatic carbocycles. The normalized spacial score (nSPS) is 17.4. The Balaban J connectivity index is 1.64. The lowest BCUT2D eigenvalue weighted by atomic mass is 10.1. The van der Waals surface area contributed by atoms with Crippen LogP contribution in [0, 0.1) is 0 Å². The molecule has 2 aliphatic heterocycles. The molecule has 148 valence electrons. The van der Waals surface area contributed by atoms with Crippen LogP contribution >= 0.6 is 0 Å². The zero-order valence-electron chi connectivity index (χ0n) is 15.9. The first-order valence-electron chi connectivity index (χ1n) is 9.96. The molecule has 0 unspecified atom stereocenters. The van der Waals surface area contributed by atoms with E-state index in [0.29, 0.717) is 17.6 Å². The summed E-state index contributed by atoms with van der Waals surface area (Å²) in [6.45, 7) is 3.71. The predicted molar refractivity (Wildman–Crippen MR) is 105 cm³/mol. The van der Waals surface area contributed by atoms with Gasteiger partial charge in [0, 0.05) is 26.2 Å². The van der Waals surface area contributed by atoms with E-state index in [4.69, 9.17) is 9.72 Å². The molecule has 2 saturated heterocycles. The van der Waals surface area contributed by atoms with Gasteiger partial charge in [-0.3, -0.25) is 0 Å². The number of benzene rings is 1. The van der Waals surface area contributed by atoms with E-state index in [-0.39, 0.29) is 11.6 Å². The average Bonchev–Trinajstić information content (AvgIpc) is 2.75. The molecular weight excluding hydrogens is 358 g/mol. The quantitative estimate of drug-likeness (QED) is 0.840. The summed E-state index contributed by atoms with van der Waals surface area (Å²) in [4.78, 5) is 29.4. The minimum atomic E-state index is -0.996. The zero-order valence-corrected chi connectivity index (χ0v) is 15.9. The molecule has 1 aromatic heterocycles. The first-order chi connectivity index (χ1) is 13.7. The third kappa shape index (κ3) is 4.32. The van der Waals surface area contributed by atoms with Crippen molar-refractivity contribution in [2.45, 2.75) is 38.5 Å². The highest BCUT2D eigenvalue weighted by Crippen LogP contribution is 2.26. The monoisotopic (exact) mass is 383 g/mol. The van der Waals surface area contributed by atoms with Crippen LogP contribution in [-0.4, -0.2) is 52.2 Å². The Morgan fingerprint density at radius 3 is 1.96 bits per heavy atom. The van der Waals surface area contributed by atoms with Gasteiger partial charge in [-0.05, 0) is 56.7 Å². The number of hydrogen-bond donors (Lipinski definition) is 1. The van der Waals surface area contributed by atoms with Crippen molar-refractivity contribution < 1.29 is 14.6 Å². The van der Waals surface area contributed by atoms with Gasteiger partial charge < -0.3 is 19.6 Å². The molecule has 28 heavy (non-hydrogen) atoms. The van der Waals surface area contributed by atoms with Crippen LogP contribution in [0.5, 0.6) is 11.8 Å². The van der Waals surface area contributed by atoms with Gasteiger partial charge in [-0.15, -0.1) is 0 Å². The molecule has 0 saturated carbocycles. The smallest absolute Gasteiger partial charge is 0.335 e. The van der Waals surface area contributed by atoms with E-state index in [9.17, 15) is 9.90 Å². The van der Waals surface area contributed by atoms with Gasteiger partial charge in [0.1, 0.15) is 5.75 Å². The van der Waals surface area contributed by atoms with Gasteiger partial charge >= 0.3 is 12.0 Å². The predicted octanol–water partition coefficient (Wildman–Crippen LogP) is 3.34. The second kappa shape index (κ2) is 8.41. The van der Waals surface area contributed by atoms with E-state index in [1.807, 2.05) is 0 Å². The maximum Gasteiger partial charge on any atom is 0.335 e. The minimum absolute atomic E-state index is 0.166. The summed E-state index contributed by atoms with van der Waals surface area (Å²) in [6.07, 6.45) is 6.96. The highest BCUT2D eigenvalue weighted by molar-refractivity contribution is 5.88. The summed E-state index contributed by atoms with van der Waals surface area (Å²) in [5.41, 5.74) is 0.166. The average molecular weight is 383 g/mol. The maximum atomic E-state index is 11.2. The lowest BCUT2D eigenvalue weighted by Gasteiger charge is -2.30. The molecule has 0 bridgehead atoms. The second-order valence-corrected chi connectivity index (χ2v) is 7.25. The minimum Gasteiger partial charge on any atom is -0.478 e. The Labute approximate surface area is 164 Å². The summed E-state index contributed by atoms with van der Waals surface area (Å²) < 4.78 is 5.85. The Kier molecular flexibility index (Phi) is 5.55. The van der Waals surface area contributed by atoms with Gasteiger partial charge in [0.05, 0.1) is 5.56 Å². The number of aromatic nitrogens is 3. The number of rotatable bonds is 5. The van der Waals surface area contributed by atoms with Gasteiger partial charge in [0.2, 0.25) is 11.9 Å². The lowest BCUT2D eigenvalue weighted by Crippen LogP contribution is -2.34. The van der Waals surface area contributed by atoms with Gasteiger partial charge in [0.15, 0.2) is 0 Å². The molecule has 1 aromatic carbocycles. The van der Waals surface area contributed by atoms with Crippen molar-refractivity contribution >= 4 is 17.9 Å². The largest absolute Gasteiger partial charge is 0.478 e. The molecule has 3 heterocycles. The topological polar surface area (TPSA) is 91.7 Å². The molecule has 0 amide bonds. The fourth-order valence-corrected chi connectivity index (χ4v) is 3.65. The Morgan fingerprint density at radius 1 is 0.857 bits per heavy atom. The third-order valence-corrected chi connectivity index (χ3v) is 5.16. The van der Waals surface area contributed by atoms with Crippen molar-refractivity contribution in [1.82, 2.24) is 15.0 Å². The molecule has 2 aliphatic rings. The van der Waals surface area contributed by atoms with Gasteiger partial charge in [-0.2, -0.15) is 15.0 Å². The standard InChI is InChI=1S/C20H25N5O3/c26-17(27)15-8-7-9-16(14-15)28-20-22-18(24-10-3-1-4-11-24)21-19(23-20)25-12-5-2-6-13-25/h7-9,14H,1-6,10-13H2,(H,26,27). The molecule has 8 heteroatoms. The molecule has 1 N–H and O–H groups in total. The number of carboxylic acid groups (broad SMARTS) is 1. The highest BCUT2D eigenvalue weighted by Gasteiger charge is 2.21. The van der Waals surface area contributed by atoms with E-state index in [2.05, 4.69) is 19.8 Å². The summed E-state index contributed by atoms with van der Waals surface area (Å²) >= 11 is 0. The fraction of sp³-hybridized carbons (Fsp3) is 0.500. The molecule has 0 atom stereocenters.